The van der Waals surface area contributed by atoms with Crippen LogP contribution >= 0.6 is 24.0 Å². The van der Waals surface area contributed by atoms with Gasteiger partial charge in [0.1, 0.15) is 17.6 Å². The van der Waals surface area contributed by atoms with Gasteiger partial charge in [0.05, 0.1) is 13.7 Å². The van der Waals surface area contributed by atoms with Crippen LogP contribution in [-0.4, -0.2) is 44.2 Å². The second-order valence-electron chi connectivity index (χ2n) is 6.78. The Hall–Kier alpha value is -1.71. The molecule has 0 aromatic heterocycles. The molecule has 8 heteroatoms. The number of hydrogen-bond acceptors (Lipinski definition) is 4. The summed E-state index contributed by atoms with van der Waals surface area (Å²) in [6, 6.07) is 4.28. The summed E-state index contributed by atoms with van der Waals surface area (Å²) in [5, 5.41) is 9.54. The van der Waals surface area contributed by atoms with E-state index in [-0.39, 0.29) is 42.0 Å². The fraction of sp³-hybridized carbons (Fsp3) is 0.579. The molecule has 1 aromatic rings. The number of aliphatic imine (C=N–C) groups is 1. The number of nitrogens with zero attached hydrogens (tertiary/aromatic N) is 1. The molecule has 1 saturated heterocycles. The number of carbonyl (C=O) groups excluding carboxylic acids is 1. The minimum atomic E-state index is 0. The summed E-state index contributed by atoms with van der Waals surface area (Å²) < 4.78 is 11.4. The lowest BCUT2D eigenvalue weighted by Gasteiger charge is -2.25. The average molecular weight is 488 g/mol. The highest BCUT2D eigenvalue weighted by Gasteiger charge is 2.22. The van der Waals surface area contributed by atoms with Crippen molar-refractivity contribution in [2.75, 3.05) is 20.2 Å². The quantitative estimate of drug-likeness (QED) is 0.336. The highest BCUT2D eigenvalue weighted by Crippen LogP contribution is 2.35. The molecule has 7 nitrogen and oxygen atoms in total. The Bertz CT molecular complexity index is 686. The van der Waals surface area contributed by atoms with Crippen molar-refractivity contribution >= 4 is 35.8 Å². The predicted molar refractivity (Wildman–Crippen MR) is 116 cm³/mol. The normalized spacial score (nSPS) is 21.4. The number of carbonyl (C=O) groups is 1. The number of nitrogens with one attached hydrogen (secondary N) is 3. The third-order valence-electron chi connectivity index (χ3n) is 4.66. The third-order valence-corrected chi connectivity index (χ3v) is 4.66. The number of hydrogen-bond donors (Lipinski definition) is 3. The van der Waals surface area contributed by atoms with Gasteiger partial charge in [-0.2, -0.15) is 0 Å². The van der Waals surface area contributed by atoms with E-state index in [2.05, 4.69) is 28.9 Å². The lowest BCUT2D eigenvalue weighted by atomic mass is 10.1. The fourth-order valence-corrected chi connectivity index (χ4v) is 3.33. The monoisotopic (exact) mass is 488 g/mol. The minimum Gasteiger partial charge on any atom is -0.496 e. The van der Waals surface area contributed by atoms with E-state index >= 15 is 0 Å². The van der Waals surface area contributed by atoms with Gasteiger partial charge in [0.2, 0.25) is 5.91 Å². The van der Waals surface area contributed by atoms with Crippen LogP contribution in [-0.2, 0) is 17.8 Å². The van der Waals surface area contributed by atoms with Crippen LogP contribution in [0.3, 0.4) is 0 Å². The van der Waals surface area contributed by atoms with E-state index in [1.165, 1.54) is 5.56 Å². The van der Waals surface area contributed by atoms with E-state index in [0.29, 0.717) is 19.5 Å². The minimum absolute atomic E-state index is 0. The van der Waals surface area contributed by atoms with Gasteiger partial charge >= 0.3 is 0 Å². The van der Waals surface area contributed by atoms with Crippen LogP contribution in [0.15, 0.2) is 17.1 Å². The molecule has 2 aliphatic heterocycles. The van der Waals surface area contributed by atoms with Crippen LogP contribution in [0.1, 0.15) is 37.8 Å². The van der Waals surface area contributed by atoms with Crippen LogP contribution in [0, 0.1) is 0 Å². The molecule has 2 heterocycles. The molecule has 2 aliphatic rings. The number of benzene rings is 1. The van der Waals surface area contributed by atoms with Crippen LogP contribution in [0.4, 0.5) is 0 Å². The van der Waals surface area contributed by atoms with E-state index in [4.69, 9.17) is 14.5 Å². The van der Waals surface area contributed by atoms with Crippen molar-refractivity contribution in [3.8, 4) is 11.5 Å². The van der Waals surface area contributed by atoms with Gasteiger partial charge in [-0.1, -0.05) is 0 Å². The molecule has 0 bridgehead atoms. The first-order valence-electron chi connectivity index (χ1n) is 9.27. The zero-order chi connectivity index (χ0) is 18.5. The van der Waals surface area contributed by atoms with E-state index in [1.54, 1.807) is 7.11 Å². The number of methoxy groups -OCH3 is 1. The molecule has 3 N–H and O–H groups in total. The van der Waals surface area contributed by atoms with Gasteiger partial charge in [-0.25, -0.2) is 4.99 Å². The molecule has 2 atom stereocenters. The first kappa shape index (κ1) is 21.6. The lowest BCUT2D eigenvalue weighted by molar-refractivity contribution is -0.122. The number of ether oxygens (including phenoxy) is 2. The van der Waals surface area contributed by atoms with Crippen LogP contribution in [0.25, 0.3) is 0 Å². The fourth-order valence-electron chi connectivity index (χ4n) is 3.33. The van der Waals surface area contributed by atoms with Gasteiger partial charge in [-0.05, 0) is 32.4 Å². The lowest BCUT2D eigenvalue weighted by Crippen LogP contribution is -2.51. The summed E-state index contributed by atoms with van der Waals surface area (Å²) in [5.74, 6) is 2.62. The maximum Gasteiger partial charge on any atom is 0.220 e. The SMILES string of the molecule is CCNC(=NCc1cc2c(cc1OC)CC(C)O2)NC1CCC(=O)NC1.I. The van der Waals surface area contributed by atoms with Crippen molar-refractivity contribution in [1.29, 1.82) is 0 Å². The Morgan fingerprint density at radius 2 is 2.26 bits per heavy atom. The summed E-state index contributed by atoms with van der Waals surface area (Å²) in [7, 11) is 1.68. The van der Waals surface area contributed by atoms with Crippen molar-refractivity contribution in [1.82, 2.24) is 16.0 Å². The molecule has 2 unspecified atom stereocenters. The summed E-state index contributed by atoms with van der Waals surface area (Å²) in [6.07, 6.45) is 2.47. The third kappa shape index (κ3) is 5.63. The smallest absolute Gasteiger partial charge is 0.220 e. The standard InChI is InChI=1S/C19H28N4O3.HI/c1-4-20-19(23-15-5-6-18(24)21-11-15)22-10-14-9-17-13(7-12(2)26-17)8-16(14)25-3;/h8-9,12,15H,4-7,10-11H2,1-3H3,(H,21,24)(H2,20,22,23);1H. The first-order chi connectivity index (χ1) is 12.6. The number of amides is 1. The van der Waals surface area contributed by atoms with Gasteiger partial charge in [0, 0.05) is 43.1 Å². The van der Waals surface area contributed by atoms with Crippen molar-refractivity contribution in [2.45, 2.75) is 51.8 Å². The first-order valence-corrected chi connectivity index (χ1v) is 9.27. The Balaban J connectivity index is 0.00000261. The highest BCUT2D eigenvalue weighted by atomic mass is 127. The zero-order valence-corrected chi connectivity index (χ0v) is 18.5. The second kappa shape index (κ2) is 10.0. The van der Waals surface area contributed by atoms with Crippen molar-refractivity contribution in [3.63, 3.8) is 0 Å². The molecular weight excluding hydrogens is 459 g/mol. The largest absolute Gasteiger partial charge is 0.496 e. The molecule has 0 saturated carbocycles. The van der Waals surface area contributed by atoms with Crippen molar-refractivity contribution in [3.05, 3.63) is 23.3 Å². The Labute approximate surface area is 177 Å². The van der Waals surface area contributed by atoms with Crippen molar-refractivity contribution in [2.24, 2.45) is 4.99 Å². The number of piperidine rings is 1. The average Bonchev–Trinajstić information content (AvgIpc) is 2.99. The molecule has 0 spiro atoms. The highest BCUT2D eigenvalue weighted by molar-refractivity contribution is 14.0. The Morgan fingerprint density at radius 3 is 2.93 bits per heavy atom. The summed E-state index contributed by atoms with van der Waals surface area (Å²) >= 11 is 0. The second-order valence-corrected chi connectivity index (χ2v) is 6.78. The van der Waals surface area contributed by atoms with Crippen molar-refractivity contribution < 1.29 is 14.3 Å². The molecule has 27 heavy (non-hydrogen) atoms. The number of rotatable bonds is 5. The van der Waals surface area contributed by atoms with Gasteiger partial charge in [0.15, 0.2) is 5.96 Å². The van der Waals surface area contributed by atoms with E-state index in [9.17, 15) is 4.79 Å². The molecule has 3 rings (SSSR count). The van der Waals surface area contributed by atoms with Gasteiger partial charge in [-0.3, -0.25) is 4.79 Å². The van der Waals surface area contributed by atoms with E-state index in [0.717, 1.165) is 42.4 Å². The summed E-state index contributed by atoms with van der Waals surface area (Å²) in [6.45, 7) is 5.98. The molecule has 1 aromatic carbocycles. The number of halogens is 1. The van der Waals surface area contributed by atoms with Crippen LogP contribution in [0.2, 0.25) is 0 Å². The summed E-state index contributed by atoms with van der Waals surface area (Å²) in [4.78, 5) is 16.0. The topological polar surface area (TPSA) is 84.0 Å². The van der Waals surface area contributed by atoms with E-state index in [1.807, 2.05) is 13.0 Å². The maximum absolute atomic E-state index is 11.3. The number of fused-ring (bicyclic) bond motifs is 1. The molecule has 150 valence electrons. The van der Waals surface area contributed by atoms with Crippen LogP contribution < -0.4 is 25.4 Å². The Kier molecular flexibility index (Phi) is 8.00. The maximum atomic E-state index is 11.3. The van der Waals surface area contributed by atoms with Crippen LogP contribution in [0.5, 0.6) is 11.5 Å². The van der Waals surface area contributed by atoms with E-state index < -0.39 is 0 Å². The van der Waals surface area contributed by atoms with Gasteiger partial charge in [0.25, 0.3) is 0 Å². The molecular formula is C19H29IN4O3. The molecule has 0 radical (unpaired) electrons. The molecule has 1 amide bonds. The molecule has 1 fully saturated rings. The Morgan fingerprint density at radius 1 is 1.44 bits per heavy atom. The zero-order valence-electron chi connectivity index (χ0n) is 16.1. The summed E-state index contributed by atoms with van der Waals surface area (Å²) in [5.41, 5.74) is 2.18. The number of guanidine groups is 1. The van der Waals surface area contributed by atoms with Gasteiger partial charge < -0.3 is 25.4 Å². The molecule has 0 aliphatic carbocycles. The predicted octanol–water partition coefficient (Wildman–Crippen LogP) is 1.97. The van der Waals surface area contributed by atoms with Gasteiger partial charge in [-0.15, -0.1) is 24.0 Å².